The summed E-state index contributed by atoms with van der Waals surface area (Å²) >= 11 is 0. The van der Waals surface area contributed by atoms with Crippen molar-refractivity contribution in [3.63, 3.8) is 0 Å². The van der Waals surface area contributed by atoms with Crippen LogP contribution in [0.5, 0.6) is 0 Å². The van der Waals surface area contributed by atoms with Gasteiger partial charge in [0.25, 0.3) is 0 Å². The lowest BCUT2D eigenvalue weighted by molar-refractivity contribution is -0.141. The lowest BCUT2D eigenvalue weighted by Crippen LogP contribution is -2.28. The van der Waals surface area contributed by atoms with Crippen molar-refractivity contribution in [3.05, 3.63) is 0 Å². The van der Waals surface area contributed by atoms with Crippen LogP contribution in [0.25, 0.3) is 0 Å². The van der Waals surface area contributed by atoms with Gasteiger partial charge in [0, 0.05) is 13.2 Å². The van der Waals surface area contributed by atoms with E-state index in [9.17, 15) is 4.79 Å². The Hall–Kier alpha value is -0.610. The summed E-state index contributed by atoms with van der Waals surface area (Å²) in [5, 5.41) is 0. The molecule has 1 unspecified atom stereocenters. The van der Waals surface area contributed by atoms with Gasteiger partial charge in [0.05, 0.1) is 20.1 Å². The molecule has 0 bridgehead atoms. The minimum atomic E-state index is -0.301. The average molecular weight is 147 g/mol. The van der Waals surface area contributed by atoms with Gasteiger partial charge in [-0.05, 0) is 0 Å². The zero-order valence-corrected chi connectivity index (χ0v) is 6.29. The van der Waals surface area contributed by atoms with E-state index < -0.39 is 0 Å². The molecule has 0 aliphatic heterocycles. The molecule has 1 atom stereocenters. The predicted molar refractivity (Wildman–Crippen MR) is 36.5 cm³/mol. The average Bonchev–Trinajstić information content (AvgIpc) is 1.88. The molecule has 0 spiro atoms. The van der Waals surface area contributed by atoms with Crippen LogP contribution in [0.3, 0.4) is 0 Å². The SMILES string of the molecule is COCC(N)CC(=O)OC. The molecule has 0 saturated heterocycles. The minimum absolute atomic E-state index is 0.213. The Kier molecular flexibility index (Phi) is 4.88. The summed E-state index contributed by atoms with van der Waals surface area (Å²) in [6, 6.07) is -0.252. The van der Waals surface area contributed by atoms with Gasteiger partial charge in [-0.15, -0.1) is 0 Å². The van der Waals surface area contributed by atoms with Gasteiger partial charge in [-0.2, -0.15) is 0 Å². The molecule has 2 N–H and O–H groups in total. The van der Waals surface area contributed by atoms with Crippen molar-refractivity contribution in [2.45, 2.75) is 12.5 Å². The molecule has 0 radical (unpaired) electrons. The Balaban J connectivity index is 3.37. The highest BCUT2D eigenvalue weighted by Crippen LogP contribution is 1.90. The van der Waals surface area contributed by atoms with Crippen molar-refractivity contribution in [1.29, 1.82) is 0 Å². The third kappa shape index (κ3) is 4.29. The maximum Gasteiger partial charge on any atom is 0.307 e. The van der Waals surface area contributed by atoms with Crippen LogP contribution < -0.4 is 5.73 Å². The van der Waals surface area contributed by atoms with Crippen molar-refractivity contribution in [1.82, 2.24) is 0 Å². The van der Waals surface area contributed by atoms with Crippen LogP contribution in [0.1, 0.15) is 6.42 Å². The third-order valence-electron chi connectivity index (χ3n) is 1.04. The van der Waals surface area contributed by atoms with E-state index in [0.717, 1.165) is 0 Å². The lowest BCUT2D eigenvalue weighted by atomic mass is 10.2. The van der Waals surface area contributed by atoms with Crippen LogP contribution in [0.15, 0.2) is 0 Å². The molecule has 0 fully saturated rings. The highest BCUT2D eigenvalue weighted by atomic mass is 16.5. The topological polar surface area (TPSA) is 61.5 Å². The van der Waals surface area contributed by atoms with Gasteiger partial charge in [-0.1, -0.05) is 0 Å². The minimum Gasteiger partial charge on any atom is -0.469 e. The van der Waals surface area contributed by atoms with E-state index in [1.54, 1.807) is 0 Å². The number of rotatable bonds is 4. The molecule has 10 heavy (non-hydrogen) atoms. The van der Waals surface area contributed by atoms with Gasteiger partial charge in [0.15, 0.2) is 0 Å². The predicted octanol–water partition coefficient (Wildman–Crippen LogP) is -0.477. The lowest BCUT2D eigenvalue weighted by Gasteiger charge is -2.07. The van der Waals surface area contributed by atoms with Gasteiger partial charge in [0.1, 0.15) is 0 Å². The van der Waals surface area contributed by atoms with E-state index in [-0.39, 0.29) is 18.4 Å². The Labute approximate surface area is 60.3 Å². The fourth-order valence-corrected chi connectivity index (χ4v) is 0.570. The van der Waals surface area contributed by atoms with Gasteiger partial charge >= 0.3 is 5.97 Å². The zero-order valence-electron chi connectivity index (χ0n) is 6.29. The van der Waals surface area contributed by atoms with Crippen LogP contribution in [0.4, 0.5) is 0 Å². The first kappa shape index (κ1) is 9.39. The molecule has 0 aliphatic carbocycles. The smallest absolute Gasteiger partial charge is 0.307 e. The number of esters is 1. The number of methoxy groups -OCH3 is 2. The molecule has 0 amide bonds. The van der Waals surface area contributed by atoms with Gasteiger partial charge < -0.3 is 15.2 Å². The zero-order chi connectivity index (χ0) is 7.98. The second-order valence-corrected chi connectivity index (χ2v) is 2.00. The number of carbonyl (C=O) groups excluding carboxylic acids is 1. The van der Waals surface area contributed by atoms with Crippen LogP contribution in [0, 0.1) is 0 Å². The summed E-state index contributed by atoms with van der Waals surface area (Å²) in [4.78, 5) is 10.5. The van der Waals surface area contributed by atoms with E-state index in [0.29, 0.717) is 6.61 Å². The molecule has 4 heteroatoms. The van der Waals surface area contributed by atoms with Crippen LogP contribution in [-0.2, 0) is 14.3 Å². The Morgan fingerprint density at radius 1 is 1.60 bits per heavy atom. The van der Waals surface area contributed by atoms with Gasteiger partial charge in [-0.3, -0.25) is 4.79 Å². The van der Waals surface area contributed by atoms with Crippen molar-refractivity contribution in [2.75, 3.05) is 20.8 Å². The highest BCUT2D eigenvalue weighted by Gasteiger charge is 2.07. The molecular weight excluding hydrogens is 134 g/mol. The van der Waals surface area contributed by atoms with E-state index >= 15 is 0 Å². The summed E-state index contributed by atoms with van der Waals surface area (Å²) in [6.07, 6.45) is 0.213. The first-order chi connectivity index (χ1) is 4.70. The quantitative estimate of drug-likeness (QED) is 0.546. The Bertz CT molecular complexity index is 105. The van der Waals surface area contributed by atoms with Crippen molar-refractivity contribution in [2.24, 2.45) is 5.73 Å². The third-order valence-corrected chi connectivity index (χ3v) is 1.04. The second kappa shape index (κ2) is 5.20. The van der Waals surface area contributed by atoms with E-state index in [1.165, 1.54) is 14.2 Å². The van der Waals surface area contributed by atoms with Crippen molar-refractivity contribution >= 4 is 5.97 Å². The molecule has 0 aromatic rings. The highest BCUT2D eigenvalue weighted by molar-refractivity contribution is 5.69. The molecule has 0 rings (SSSR count). The first-order valence-corrected chi connectivity index (χ1v) is 3.02. The number of nitrogens with two attached hydrogens (primary N) is 1. The summed E-state index contributed by atoms with van der Waals surface area (Å²) in [7, 11) is 2.87. The van der Waals surface area contributed by atoms with Crippen LogP contribution in [0.2, 0.25) is 0 Å². The Morgan fingerprint density at radius 3 is 2.60 bits per heavy atom. The summed E-state index contributed by atoms with van der Waals surface area (Å²) in [5.41, 5.74) is 5.43. The van der Waals surface area contributed by atoms with Gasteiger partial charge in [0.2, 0.25) is 0 Å². The molecule has 0 aromatic heterocycles. The first-order valence-electron chi connectivity index (χ1n) is 3.02. The van der Waals surface area contributed by atoms with E-state index in [4.69, 9.17) is 10.5 Å². The summed E-state index contributed by atoms with van der Waals surface area (Å²) in [6.45, 7) is 0.384. The fourth-order valence-electron chi connectivity index (χ4n) is 0.570. The molecule has 0 saturated carbocycles. The number of hydrogen-bond acceptors (Lipinski definition) is 4. The summed E-state index contributed by atoms with van der Waals surface area (Å²) < 4.78 is 9.11. The van der Waals surface area contributed by atoms with Crippen LogP contribution >= 0.6 is 0 Å². The fraction of sp³-hybridized carbons (Fsp3) is 0.833. The molecule has 0 heterocycles. The monoisotopic (exact) mass is 147 g/mol. The number of carbonyl (C=O) groups is 1. The number of ether oxygens (including phenoxy) is 2. The molecule has 4 nitrogen and oxygen atoms in total. The molecule has 0 aromatic carbocycles. The molecule has 60 valence electrons. The van der Waals surface area contributed by atoms with E-state index in [2.05, 4.69) is 4.74 Å². The number of hydrogen-bond donors (Lipinski definition) is 1. The Morgan fingerprint density at radius 2 is 2.20 bits per heavy atom. The van der Waals surface area contributed by atoms with E-state index in [1.807, 2.05) is 0 Å². The molecule has 0 aliphatic rings. The van der Waals surface area contributed by atoms with Gasteiger partial charge in [-0.25, -0.2) is 0 Å². The van der Waals surface area contributed by atoms with Crippen molar-refractivity contribution < 1.29 is 14.3 Å². The maximum atomic E-state index is 10.5. The normalized spacial score (nSPS) is 12.7. The maximum absolute atomic E-state index is 10.5. The molecular formula is C6H13NO3. The summed E-state index contributed by atoms with van der Waals surface area (Å²) in [5.74, 6) is -0.301. The van der Waals surface area contributed by atoms with Crippen LogP contribution in [-0.4, -0.2) is 32.8 Å². The second-order valence-electron chi connectivity index (χ2n) is 2.00. The van der Waals surface area contributed by atoms with Crippen molar-refractivity contribution in [3.8, 4) is 0 Å². The largest absolute Gasteiger partial charge is 0.469 e. The standard InChI is InChI=1S/C6H13NO3/c1-9-4-5(7)3-6(8)10-2/h5H,3-4,7H2,1-2H3.